The first kappa shape index (κ1) is 21.6. The highest BCUT2D eigenvalue weighted by molar-refractivity contribution is 7.80. The molecular weight excluding hydrogens is 394 g/mol. The number of hydrogen-bond donors (Lipinski definition) is 2. The summed E-state index contributed by atoms with van der Waals surface area (Å²) in [4.78, 5) is 2.14. The average Bonchev–Trinajstić information content (AvgIpc) is 2.76. The van der Waals surface area contributed by atoms with E-state index in [1.165, 1.54) is 0 Å². The molecule has 0 saturated heterocycles. The molecule has 0 bridgehead atoms. The molecule has 0 aromatic heterocycles. The molecule has 30 heavy (non-hydrogen) atoms. The Morgan fingerprint density at radius 3 is 2.20 bits per heavy atom. The van der Waals surface area contributed by atoms with Crippen molar-refractivity contribution in [2.45, 2.75) is 6.04 Å². The van der Waals surface area contributed by atoms with Crippen LogP contribution < -0.4 is 20.1 Å². The van der Waals surface area contributed by atoms with Crippen LogP contribution in [0.25, 0.3) is 0 Å². The van der Waals surface area contributed by atoms with Crippen molar-refractivity contribution in [1.82, 2.24) is 10.2 Å². The summed E-state index contributed by atoms with van der Waals surface area (Å²) in [5.74, 6) is 2.45. The van der Waals surface area contributed by atoms with Crippen LogP contribution in [0.3, 0.4) is 0 Å². The maximum absolute atomic E-state index is 5.82. The number of nitrogens with zero attached hydrogens (tertiary/aromatic N) is 1. The molecule has 5 nitrogen and oxygen atoms in total. The molecular formula is C24H27N3O2S. The van der Waals surface area contributed by atoms with Crippen LogP contribution >= 0.6 is 12.2 Å². The number of benzene rings is 3. The van der Waals surface area contributed by atoms with E-state index in [0.29, 0.717) is 11.7 Å². The summed E-state index contributed by atoms with van der Waals surface area (Å²) in [5, 5.41) is 7.09. The summed E-state index contributed by atoms with van der Waals surface area (Å²) in [6.07, 6.45) is 0. The van der Waals surface area contributed by atoms with Gasteiger partial charge < -0.3 is 25.0 Å². The van der Waals surface area contributed by atoms with E-state index in [1.807, 2.05) is 86.9 Å². The van der Waals surface area contributed by atoms with Crippen LogP contribution in [0.4, 0.5) is 5.69 Å². The SMILES string of the molecule is COc1ccccc1[C@@H](CNC(=S)Nc1ccc(Oc2ccccc2)cc1)N(C)C. The lowest BCUT2D eigenvalue weighted by atomic mass is 10.0. The first-order valence-corrected chi connectivity index (χ1v) is 10.1. The number of ether oxygens (including phenoxy) is 2. The van der Waals surface area contributed by atoms with Crippen LogP contribution in [0, 0.1) is 0 Å². The minimum atomic E-state index is 0.113. The molecule has 2 N–H and O–H groups in total. The van der Waals surface area contributed by atoms with Crippen LogP contribution in [-0.4, -0.2) is 37.8 Å². The lowest BCUT2D eigenvalue weighted by Crippen LogP contribution is -2.36. The Morgan fingerprint density at radius 2 is 1.53 bits per heavy atom. The van der Waals surface area contributed by atoms with Crippen LogP contribution in [0.2, 0.25) is 0 Å². The normalized spacial score (nSPS) is 11.6. The van der Waals surface area contributed by atoms with Crippen LogP contribution in [0.5, 0.6) is 17.2 Å². The van der Waals surface area contributed by atoms with E-state index in [2.05, 4.69) is 21.6 Å². The number of rotatable bonds is 8. The molecule has 0 fully saturated rings. The lowest BCUT2D eigenvalue weighted by Gasteiger charge is -2.27. The van der Waals surface area contributed by atoms with Gasteiger partial charge in [-0.25, -0.2) is 0 Å². The Labute approximate surface area is 183 Å². The monoisotopic (exact) mass is 421 g/mol. The van der Waals surface area contributed by atoms with Crippen molar-refractivity contribution >= 4 is 23.0 Å². The molecule has 6 heteroatoms. The Morgan fingerprint density at radius 1 is 0.900 bits per heavy atom. The second-order valence-electron chi connectivity index (χ2n) is 7.00. The molecule has 3 rings (SSSR count). The van der Waals surface area contributed by atoms with Gasteiger partial charge in [-0.15, -0.1) is 0 Å². The molecule has 0 radical (unpaired) electrons. The van der Waals surface area contributed by atoms with E-state index in [9.17, 15) is 0 Å². The van der Waals surface area contributed by atoms with Crippen molar-refractivity contribution < 1.29 is 9.47 Å². The third kappa shape index (κ3) is 5.95. The zero-order valence-electron chi connectivity index (χ0n) is 17.5. The molecule has 1 atom stereocenters. The quantitative estimate of drug-likeness (QED) is 0.495. The highest BCUT2D eigenvalue weighted by Gasteiger charge is 2.18. The van der Waals surface area contributed by atoms with Crippen molar-refractivity contribution in [2.24, 2.45) is 0 Å². The Kier molecular flexibility index (Phi) is 7.65. The standard InChI is InChI=1S/C24H27N3O2S/c1-27(2)22(21-11-7-8-12-23(21)28-3)17-25-24(30)26-18-13-15-20(16-14-18)29-19-9-5-4-6-10-19/h4-16,22H,17H2,1-3H3,(H2,25,26,30)/t22-/m1/s1. The van der Waals surface area contributed by atoms with Gasteiger partial charge in [0.15, 0.2) is 5.11 Å². The van der Waals surface area contributed by atoms with Gasteiger partial charge in [-0.05, 0) is 68.8 Å². The molecule has 0 saturated carbocycles. The number of hydrogen-bond acceptors (Lipinski definition) is 4. The van der Waals surface area contributed by atoms with Gasteiger partial charge in [0, 0.05) is 17.8 Å². The summed E-state index contributed by atoms with van der Waals surface area (Å²) >= 11 is 5.49. The maximum Gasteiger partial charge on any atom is 0.170 e. The maximum atomic E-state index is 5.82. The second kappa shape index (κ2) is 10.6. The smallest absolute Gasteiger partial charge is 0.170 e. The van der Waals surface area contributed by atoms with Crippen LogP contribution in [0.15, 0.2) is 78.9 Å². The molecule has 3 aromatic carbocycles. The number of para-hydroxylation sites is 2. The van der Waals surface area contributed by atoms with E-state index in [4.69, 9.17) is 21.7 Å². The summed E-state index contributed by atoms with van der Waals surface area (Å²) in [6.45, 7) is 0.647. The Bertz CT molecular complexity index is 946. The number of anilines is 1. The fourth-order valence-electron chi connectivity index (χ4n) is 3.11. The zero-order valence-corrected chi connectivity index (χ0v) is 18.3. The van der Waals surface area contributed by atoms with Crippen molar-refractivity contribution in [3.63, 3.8) is 0 Å². The van der Waals surface area contributed by atoms with Gasteiger partial charge in [0.25, 0.3) is 0 Å². The summed E-state index contributed by atoms with van der Waals surface area (Å²) in [7, 11) is 5.78. The molecule has 0 aliphatic carbocycles. The topological polar surface area (TPSA) is 45.8 Å². The Balaban J connectivity index is 1.56. The van der Waals surface area contributed by atoms with E-state index >= 15 is 0 Å². The minimum Gasteiger partial charge on any atom is -0.496 e. The number of methoxy groups -OCH3 is 1. The number of nitrogens with one attached hydrogen (secondary N) is 2. The van der Waals surface area contributed by atoms with Crippen molar-refractivity contribution in [3.8, 4) is 17.2 Å². The molecule has 156 valence electrons. The number of likely N-dealkylation sites (N-methyl/N-ethyl adjacent to an activating group) is 1. The first-order chi connectivity index (χ1) is 14.6. The van der Waals surface area contributed by atoms with Crippen molar-refractivity contribution in [1.29, 1.82) is 0 Å². The zero-order chi connectivity index (χ0) is 21.3. The second-order valence-corrected chi connectivity index (χ2v) is 7.40. The summed E-state index contributed by atoms with van der Waals surface area (Å²) < 4.78 is 11.3. The largest absolute Gasteiger partial charge is 0.496 e. The fraction of sp³-hybridized carbons (Fsp3) is 0.208. The van der Waals surface area contributed by atoms with E-state index in [-0.39, 0.29) is 6.04 Å². The predicted octanol–water partition coefficient (Wildman–Crippen LogP) is 5.08. The van der Waals surface area contributed by atoms with Gasteiger partial charge in [-0.3, -0.25) is 0 Å². The van der Waals surface area contributed by atoms with Crippen LogP contribution in [-0.2, 0) is 0 Å². The van der Waals surface area contributed by atoms with E-state index < -0.39 is 0 Å². The van der Waals surface area contributed by atoms with E-state index in [0.717, 1.165) is 28.5 Å². The summed E-state index contributed by atoms with van der Waals surface area (Å²) in [5.41, 5.74) is 2.01. The van der Waals surface area contributed by atoms with Gasteiger partial charge in [0.1, 0.15) is 17.2 Å². The fourth-order valence-corrected chi connectivity index (χ4v) is 3.31. The van der Waals surface area contributed by atoms with Crippen molar-refractivity contribution in [2.75, 3.05) is 33.1 Å². The van der Waals surface area contributed by atoms with Gasteiger partial charge in [-0.2, -0.15) is 0 Å². The molecule has 0 unspecified atom stereocenters. The molecule has 0 aliphatic rings. The number of thiocarbonyl (C=S) groups is 1. The molecule has 3 aromatic rings. The van der Waals surface area contributed by atoms with Crippen LogP contribution in [0.1, 0.15) is 11.6 Å². The average molecular weight is 422 g/mol. The lowest BCUT2D eigenvalue weighted by molar-refractivity contribution is 0.288. The molecule has 0 aliphatic heterocycles. The first-order valence-electron chi connectivity index (χ1n) is 9.74. The molecule has 0 amide bonds. The molecule has 0 spiro atoms. The highest BCUT2D eigenvalue weighted by Crippen LogP contribution is 2.27. The van der Waals surface area contributed by atoms with Gasteiger partial charge in [-0.1, -0.05) is 36.4 Å². The van der Waals surface area contributed by atoms with Gasteiger partial charge in [0.05, 0.1) is 13.2 Å². The van der Waals surface area contributed by atoms with Gasteiger partial charge >= 0.3 is 0 Å². The summed E-state index contributed by atoms with van der Waals surface area (Å²) in [6, 6.07) is 25.6. The predicted molar refractivity (Wildman–Crippen MR) is 127 cm³/mol. The third-order valence-electron chi connectivity index (χ3n) is 4.67. The Hall–Kier alpha value is -3.09. The van der Waals surface area contributed by atoms with E-state index in [1.54, 1.807) is 7.11 Å². The van der Waals surface area contributed by atoms with Gasteiger partial charge in [0.2, 0.25) is 0 Å². The molecule has 0 heterocycles. The minimum absolute atomic E-state index is 0.113. The third-order valence-corrected chi connectivity index (χ3v) is 4.91. The van der Waals surface area contributed by atoms with Crippen molar-refractivity contribution in [3.05, 3.63) is 84.4 Å². The highest BCUT2D eigenvalue weighted by atomic mass is 32.1.